The third kappa shape index (κ3) is 4.70. The zero-order valence-corrected chi connectivity index (χ0v) is 9.22. The normalized spacial score (nSPS) is 9.88. The second-order valence-electron chi connectivity index (χ2n) is 3.62. The van der Waals surface area contributed by atoms with Crippen LogP contribution in [-0.4, -0.2) is 19.0 Å². The molecule has 0 heterocycles. The van der Waals surface area contributed by atoms with Crippen LogP contribution in [0.2, 0.25) is 0 Å². The van der Waals surface area contributed by atoms with E-state index < -0.39 is 0 Å². The Morgan fingerprint density at radius 1 is 1.44 bits per heavy atom. The smallest absolute Gasteiger partial charge is 0.238 e. The average molecular weight is 222 g/mol. The molecule has 3 nitrogen and oxygen atoms in total. The Morgan fingerprint density at radius 3 is 2.81 bits per heavy atom. The topological polar surface area (TPSA) is 41.1 Å². The maximum Gasteiger partial charge on any atom is 0.238 e. The molecule has 16 heavy (non-hydrogen) atoms. The van der Waals surface area contributed by atoms with Crippen LogP contribution < -0.4 is 10.6 Å². The van der Waals surface area contributed by atoms with Crippen LogP contribution in [0, 0.1) is 5.82 Å². The molecule has 0 saturated carbocycles. The minimum absolute atomic E-state index is 0.184. The number of carbonyl (C=O) groups excluding carboxylic acids is 1. The lowest BCUT2D eigenvalue weighted by molar-refractivity contribution is -0.115. The maximum atomic E-state index is 12.8. The molecule has 0 aliphatic carbocycles. The summed E-state index contributed by atoms with van der Waals surface area (Å²) in [6.07, 6.45) is 0. The lowest BCUT2D eigenvalue weighted by Gasteiger charge is -2.06. The highest BCUT2D eigenvalue weighted by molar-refractivity contribution is 5.92. The van der Waals surface area contributed by atoms with E-state index in [0.29, 0.717) is 12.2 Å². The molecule has 0 aliphatic heterocycles. The van der Waals surface area contributed by atoms with Crippen molar-refractivity contribution in [1.29, 1.82) is 0 Å². The van der Waals surface area contributed by atoms with E-state index in [1.807, 2.05) is 6.92 Å². The molecule has 2 N–H and O–H groups in total. The predicted molar refractivity (Wildman–Crippen MR) is 62.7 cm³/mol. The fraction of sp³-hybridized carbons (Fsp3) is 0.250. The number of amides is 1. The third-order valence-corrected chi connectivity index (χ3v) is 1.82. The van der Waals surface area contributed by atoms with Crippen molar-refractivity contribution in [2.45, 2.75) is 6.92 Å². The summed E-state index contributed by atoms with van der Waals surface area (Å²) in [7, 11) is 0. The number of rotatable bonds is 5. The summed E-state index contributed by atoms with van der Waals surface area (Å²) in [5.74, 6) is -0.570. The van der Waals surface area contributed by atoms with Crippen LogP contribution in [-0.2, 0) is 4.79 Å². The van der Waals surface area contributed by atoms with Crippen LogP contribution in [0.4, 0.5) is 10.1 Å². The largest absolute Gasteiger partial charge is 0.325 e. The second-order valence-corrected chi connectivity index (χ2v) is 3.62. The van der Waals surface area contributed by atoms with E-state index in [1.165, 1.54) is 12.1 Å². The number of benzene rings is 1. The molecule has 0 bridgehead atoms. The highest BCUT2D eigenvalue weighted by Crippen LogP contribution is 2.08. The van der Waals surface area contributed by atoms with Crippen molar-refractivity contribution in [2.75, 3.05) is 18.4 Å². The number of halogens is 1. The average Bonchev–Trinajstić information content (AvgIpc) is 2.16. The molecule has 0 aromatic heterocycles. The Morgan fingerprint density at radius 2 is 2.19 bits per heavy atom. The standard InChI is InChI=1S/C12H15FN2O/c1-9(2)7-14-8-12(16)15-11-5-3-4-10(13)6-11/h3-6,14H,1,7-8H2,2H3,(H,15,16). The predicted octanol–water partition coefficient (Wildman–Crippen LogP) is 1.93. The van der Waals surface area contributed by atoms with Crippen molar-refractivity contribution in [3.63, 3.8) is 0 Å². The van der Waals surface area contributed by atoms with Crippen molar-refractivity contribution >= 4 is 11.6 Å². The molecule has 0 atom stereocenters. The molecule has 0 spiro atoms. The van der Waals surface area contributed by atoms with Gasteiger partial charge in [-0.05, 0) is 25.1 Å². The Balaban J connectivity index is 2.37. The van der Waals surface area contributed by atoms with Gasteiger partial charge in [0.25, 0.3) is 0 Å². The minimum atomic E-state index is -0.368. The van der Waals surface area contributed by atoms with Gasteiger partial charge >= 0.3 is 0 Å². The number of hydrogen-bond acceptors (Lipinski definition) is 2. The number of nitrogens with one attached hydrogen (secondary N) is 2. The van der Waals surface area contributed by atoms with Gasteiger partial charge in [-0.15, -0.1) is 0 Å². The highest BCUT2D eigenvalue weighted by atomic mass is 19.1. The van der Waals surface area contributed by atoms with Gasteiger partial charge in [0.15, 0.2) is 0 Å². The molecule has 0 aliphatic rings. The summed E-state index contributed by atoms with van der Waals surface area (Å²) in [4.78, 5) is 11.4. The molecule has 1 aromatic rings. The lowest BCUT2D eigenvalue weighted by atomic mass is 10.3. The number of anilines is 1. The minimum Gasteiger partial charge on any atom is -0.325 e. The van der Waals surface area contributed by atoms with Gasteiger partial charge in [0.05, 0.1) is 6.54 Å². The molecular formula is C12H15FN2O. The van der Waals surface area contributed by atoms with E-state index in [2.05, 4.69) is 17.2 Å². The van der Waals surface area contributed by atoms with Crippen molar-refractivity contribution in [3.8, 4) is 0 Å². The Kier molecular flexibility index (Phi) is 4.66. The first kappa shape index (κ1) is 12.4. The molecule has 0 unspecified atom stereocenters. The van der Waals surface area contributed by atoms with Gasteiger partial charge in [0, 0.05) is 12.2 Å². The first-order valence-corrected chi connectivity index (χ1v) is 4.98. The summed E-state index contributed by atoms with van der Waals surface area (Å²) in [5, 5.41) is 5.50. The van der Waals surface area contributed by atoms with Gasteiger partial charge in [-0.1, -0.05) is 18.2 Å². The van der Waals surface area contributed by atoms with Crippen LogP contribution in [0.15, 0.2) is 36.4 Å². The monoisotopic (exact) mass is 222 g/mol. The maximum absolute atomic E-state index is 12.8. The molecule has 0 saturated heterocycles. The second kappa shape index (κ2) is 6.02. The van der Waals surface area contributed by atoms with Crippen LogP contribution in [0.25, 0.3) is 0 Å². The zero-order chi connectivity index (χ0) is 12.0. The molecule has 1 amide bonds. The van der Waals surface area contributed by atoms with Gasteiger partial charge < -0.3 is 10.6 Å². The zero-order valence-electron chi connectivity index (χ0n) is 9.22. The lowest BCUT2D eigenvalue weighted by Crippen LogP contribution is -2.29. The van der Waals surface area contributed by atoms with Gasteiger partial charge in [-0.3, -0.25) is 4.79 Å². The van der Waals surface area contributed by atoms with Crippen LogP contribution in [0.5, 0.6) is 0 Å². The van der Waals surface area contributed by atoms with Crippen molar-refractivity contribution in [3.05, 3.63) is 42.2 Å². The number of carbonyl (C=O) groups is 1. The summed E-state index contributed by atoms with van der Waals surface area (Å²) in [6, 6.07) is 5.79. The van der Waals surface area contributed by atoms with Gasteiger partial charge in [-0.2, -0.15) is 0 Å². The van der Waals surface area contributed by atoms with E-state index in [0.717, 1.165) is 5.57 Å². The fourth-order valence-electron chi connectivity index (χ4n) is 1.16. The summed E-state index contributed by atoms with van der Waals surface area (Å²) >= 11 is 0. The van der Waals surface area contributed by atoms with E-state index in [4.69, 9.17) is 0 Å². The quantitative estimate of drug-likeness (QED) is 0.747. The number of hydrogen-bond donors (Lipinski definition) is 2. The van der Waals surface area contributed by atoms with Crippen molar-refractivity contribution in [1.82, 2.24) is 5.32 Å². The molecule has 1 aromatic carbocycles. The van der Waals surface area contributed by atoms with Crippen LogP contribution >= 0.6 is 0 Å². The van der Waals surface area contributed by atoms with Gasteiger partial charge in [0.1, 0.15) is 5.82 Å². The molecule has 4 heteroatoms. The van der Waals surface area contributed by atoms with Crippen LogP contribution in [0.3, 0.4) is 0 Å². The van der Waals surface area contributed by atoms with E-state index in [-0.39, 0.29) is 18.3 Å². The molecule has 0 fully saturated rings. The van der Waals surface area contributed by atoms with Gasteiger partial charge in [0.2, 0.25) is 5.91 Å². The molecule has 86 valence electrons. The van der Waals surface area contributed by atoms with E-state index >= 15 is 0 Å². The van der Waals surface area contributed by atoms with Crippen molar-refractivity contribution in [2.24, 2.45) is 0 Å². The molecule has 1 rings (SSSR count). The molecular weight excluding hydrogens is 207 g/mol. The van der Waals surface area contributed by atoms with E-state index in [9.17, 15) is 9.18 Å². The van der Waals surface area contributed by atoms with Crippen LogP contribution in [0.1, 0.15) is 6.92 Å². The first-order valence-electron chi connectivity index (χ1n) is 4.98. The highest BCUT2D eigenvalue weighted by Gasteiger charge is 2.01. The van der Waals surface area contributed by atoms with E-state index in [1.54, 1.807) is 12.1 Å². The van der Waals surface area contributed by atoms with Gasteiger partial charge in [-0.25, -0.2) is 4.39 Å². The summed E-state index contributed by atoms with van der Waals surface area (Å²) in [6.45, 7) is 6.35. The third-order valence-electron chi connectivity index (χ3n) is 1.82. The SMILES string of the molecule is C=C(C)CNCC(=O)Nc1cccc(F)c1. The Labute approximate surface area is 94.4 Å². The molecule has 0 radical (unpaired) electrons. The van der Waals surface area contributed by atoms with Crippen molar-refractivity contribution < 1.29 is 9.18 Å². The summed E-state index contributed by atoms with van der Waals surface area (Å²) < 4.78 is 12.8. The Hall–Kier alpha value is -1.68. The summed E-state index contributed by atoms with van der Waals surface area (Å²) in [5.41, 5.74) is 1.42. The fourth-order valence-corrected chi connectivity index (χ4v) is 1.16. The Bertz CT molecular complexity index is 390. The first-order chi connectivity index (χ1) is 7.58.